The normalized spacial score (nSPS) is 11.3. The second kappa shape index (κ2) is 5.17. The summed E-state index contributed by atoms with van der Waals surface area (Å²) < 4.78 is 5.56. The van der Waals surface area contributed by atoms with Gasteiger partial charge in [0.05, 0.1) is 12.7 Å². The number of hydrogen-bond acceptors (Lipinski definition) is 2. The largest absolute Gasteiger partial charge is 0.399 e. The van der Waals surface area contributed by atoms with Crippen LogP contribution in [-0.2, 0) is 11.3 Å². The maximum Gasteiger partial charge on any atom is 0.0721 e. The van der Waals surface area contributed by atoms with Crippen molar-refractivity contribution >= 4 is 5.69 Å². The molecule has 2 heteroatoms. The lowest BCUT2D eigenvalue weighted by Gasteiger charge is -2.12. The Kier molecular flexibility index (Phi) is 4.15. The van der Waals surface area contributed by atoms with Gasteiger partial charge in [0.2, 0.25) is 0 Å². The molecule has 0 radical (unpaired) electrons. The molecule has 0 aromatic heterocycles. The van der Waals surface area contributed by atoms with E-state index in [2.05, 4.69) is 19.9 Å². The van der Waals surface area contributed by atoms with E-state index in [1.165, 1.54) is 5.56 Å². The van der Waals surface area contributed by atoms with Crippen molar-refractivity contribution in [2.45, 2.75) is 46.3 Å². The van der Waals surface area contributed by atoms with Crippen LogP contribution in [-0.4, -0.2) is 6.10 Å². The highest BCUT2D eigenvalue weighted by molar-refractivity contribution is 5.45. The van der Waals surface area contributed by atoms with E-state index in [4.69, 9.17) is 10.5 Å². The van der Waals surface area contributed by atoms with Crippen LogP contribution in [0.4, 0.5) is 5.69 Å². The van der Waals surface area contributed by atoms with Crippen LogP contribution < -0.4 is 5.73 Å². The fourth-order valence-electron chi connectivity index (χ4n) is 1.43. The highest BCUT2D eigenvalue weighted by Crippen LogP contribution is 2.20. The number of hydrogen-bond donors (Lipinski definition) is 1. The number of rotatable bonds is 4. The third kappa shape index (κ3) is 3.92. The molecule has 1 rings (SSSR count). The molecule has 0 heterocycles. The van der Waals surface area contributed by atoms with Crippen molar-refractivity contribution in [1.29, 1.82) is 0 Å². The maximum atomic E-state index is 5.85. The number of benzene rings is 1. The Hall–Kier alpha value is -1.02. The summed E-state index contributed by atoms with van der Waals surface area (Å²) in [7, 11) is 0. The van der Waals surface area contributed by atoms with Crippen LogP contribution >= 0.6 is 0 Å². The monoisotopic (exact) mass is 207 g/mol. The highest BCUT2D eigenvalue weighted by atomic mass is 16.5. The molecule has 0 amide bonds. The molecule has 2 N–H and O–H groups in total. The molecule has 1 aromatic rings. The molecule has 0 unspecified atom stereocenters. The van der Waals surface area contributed by atoms with E-state index in [9.17, 15) is 0 Å². The van der Waals surface area contributed by atoms with Crippen molar-refractivity contribution in [3.05, 3.63) is 29.3 Å². The van der Waals surface area contributed by atoms with Crippen molar-refractivity contribution in [1.82, 2.24) is 0 Å². The second-order valence-corrected chi connectivity index (χ2v) is 4.52. The minimum absolute atomic E-state index is 0.258. The van der Waals surface area contributed by atoms with E-state index in [1.54, 1.807) is 0 Å². The Morgan fingerprint density at radius 3 is 2.33 bits per heavy atom. The predicted octanol–water partition coefficient (Wildman–Crippen LogP) is 3.32. The number of nitrogens with two attached hydrogens (primary N) is 1. The first-order valence-corrected chi connectivity index (χ1v) is 5.50. The van der Waals surface area contributed by atoms with E-state index in [0.717, 1.165) is 11.3 Å². The van der Waals surface area contributed by atoms with Gasteiger partial charge in [0.15, 0.2) is 0 Å². The molecule has 0 fully saturated rings. The Morgan fingerprint density at radius 2 is 1.80 bits per heavy atom. The van der Waals surface area contributed by atoms with Gasteiger partial charge in [-0.3, -0.25) is 0 Å². The van der Waals surface area contributed by atoms with E-state index in [1.807, 2.05) is 26.0 Å². The molecule has 0 aliphatic rings. The molecular weight excluding hydrogens is 186 g/mol. The molecule has 0 aliphatic heterocycles. The SMILES string of the molecule is CC(C)OCc1cc(N)cc(C(C)C)c1. The minimum Gasteiger partial charge on any atom is -0.399 e. The topological polar surface area (TPSA) is 35.2 Å². The molecule has 0 saturated carbocycles. The maximum absolute atomic E-state index is 5.85. The summed E-state index contributed by atoms with van der Waals surface area (Å²) in [5.41, 5.74) is 9.11. The van der Waals surface area contributed by atoms with E-state index < -0.39 is 0 Å². The summed E-state index contributed by atoms with van der Waals surface area (Å²) in [4.78, 5) is 0. The van der Waals surface area contributed by atoms with Crippen LogP contribution in [0.15, 0.2) is 18.2 Å². The third-order valence-corrected chi connectivity index (χ3v) is 2.29. The summed E-state index contributed by atoms with van der Waals surface area (Å²) in [5.74, 6) is 0.506. The smallest absolute Gasteiger partial charge is 0.0721 e. The molecular formula is C13H21NO. The summed E-state index contributed by atoms with van der Waals surface area (Å²) >= 11 is 0. The van der Waals surface area contributed by atoms with Crippen LogP contribution in [0.1, 0.15) is 44.7 Å². The fourth-order valence-corrected chi connectivity index (χ4v) is 1.43. The molecule has 0 aliphatic carbocycles. The fraction of sp³-hybridized carbons (Fsp3) is 0.538. The number of nitrogen functional groups attached to an aromatic ring is 1. The summed E-state index contributed by atoms with van der Waals surface area (Å²) in [6.07, 6.45) is 0.258. The zero-order chi connectivity index (χ0) is 11.4. The Labute approximate surface area is 92.4 Å². The van der Waals surface area contributed by atoms with Gasteiger partial charge in [-0.15, -0.1) is 0 Å². The molecule has 0 bridgehead atoms. The second-order valence-electron chi connectivity index (χ2n) is 4.52. The zero-order valence-electron chi connectivity index (χ0n) is 10.1. The standard InChI is InChI=1S/C13H21NO/c1-9(2)12-5-11(6-13(14)7-12)8-15-10(3)4/h5-7,9-10H,8,14H2,1-4H3. The van der Waals surface area contributed by atoms with Crippen molar-refractivity contribution in [3.63, 3.8) is 0 Å². The summed E-state index contributed by atoms with van der Waals surface area (Å²) in [5, 5.41) is 0. The van der Waals surface area contributed by atoms with Crippen molar-refractivity contribution < 1.29 is 4.74 Å². The van der Waals surface area contributed by atoms with Gasteiger partial charge in [-0.1, -0.05) is 19.9 Å². The number of ether oxygens (including phenoxy) is 1. The van der Waals surface area contributed by atoms with Crippen LogP contribution in [0.3, 0.4) is 0 Å². The summed E-state index contributed by atoms with van der Waals surface area (Å²) in [6.45, 7) is 9.05. The van der Waals surface area contributed by atoms with Crippen molar-refractivity contribution in [3.8, 4) is 0 Å². The van der Waals surface area contributed by atoms with E-state index in [0.29, 0.717) is 12.5 Å². The molecule has 84 valence electrons. The van der Waals surface area contributed by atoms with Gasteiger partial charge in [0.1, 0.15) is 0 Å². The average molecular weight is 207 g/mol. The number of anilines is 1. The average Bonchev–Trinajstić information content (AvgIpc) is 2.13. The van der Waals surface area contributed by atoms with Crippen LogP contribution in [0.2, 0.25) is 0 Å². The first-order valence-electron chi connectivity index (χ1n) is 5.50. The van der Waals surface area contributed by atoms with Gasteiger partial charge in [0.25, 0.3) is 0 Å². The Morgan fingerprint density at radius 1 is 1.13 bits per heavy atom. The molecule has 0 atom stereocenters. The first-order chi connectivity index (χ1) is 6.99. The molecule has 0 saturated heterocycles. The zero-order valence-corrected chi connectivity index (χ0v) is 10.1. The highest BCUT2D eigenvalue weighted by Gasteiger charge is 2.03. The lowest BCUT2D eigenvalue weighted by molar-refractivity contribution is 0.0657. The lowest BCUT2D eigenvalue weighted by atomic mass is 10.0. The van der Waals surface area contributed by atoms with E-state index in [-0.39, 0.29) is 6.10 Å². The molecule has 0 spiro atoms. The van der Waals surface area contributed by atoms with Gasteiger partial charge in [0, 0.05) is 5.69 Å². The van der Waals surface area contributed by atoms with Crippen LogP contribution in [0.25, 0.3) is 0 Å². The minimum atomic E-state index is 0.258. The van der Waals surface area contributed by atoms with Gasteiger partial charge in [-0.25, -0.2) is 0 Å². The van der Waals surface area contributed by atoms with Gasteiger partial charge in [-0.05, 0) is 43.0 Å². The van der Waals surface area contributed by atoms with Gasteiger partial charge < -0.3 is 10.5 Å². The quantitative estimate of drug-likeness (QED) is 0.769. The molecule has 15 heavy (non-hydrogen) atoms. The van der Waals surface area contributed by atoms with Crippen LogP contribution in [0, 0.1) is 0 Å². The predicted molar refractivity (Wildman–Crippen MR) is 64.9 cm³/mol. The van der Waals surface area contributed by atoms with E-state index >= 15 is 0 Å². The van der Waals surface area contributed by atoms with Gasteiger partial charge in [-0.2, -0.15) is 0 Å². The first kappa shape index (κ1) is 12.1. The van der Waals surface area contributed by atoms with Crippen LogP contribution in [0.5, 0.6) is 0 Å². The molecule has 2 nitrogen and oxygen atoms in total. The third-order valence-electron chi connectivity index (χ3n) is 2.29. The Balaban J connectivity index is 2.79. The van der Waals surface area contributed by atoms with Crippen molar-refractivity contribution in [2.24, 2.45) is 0 Å². The lowest BCUT2D eigenvalue weighted by Crippen LogP contribution is -2.03. The van der Waals surface area contributed by atoms with Gasteiger partial charge >= 0.3 is 0 Å². The summed E-state index contributed by atoms with van der Waals surface area (Å²) in [6, 6.07) is 6.18. The Bertz CT molecular complexity index is 318. The molecule has 1 aromatic carbocycles. The van der Waals surface area contributed by atoms with Crippen molar-refractivity contribution in [2.75, 3.05) is 5.73 Å².